The van der Waals surface area contributed by atoms with E-state index in [0.29, 0.717) is 16.0 Å². The zero-order valence-corrected chi connectivity index (χ0v) is 13.3. The molecule has 0 spiro atoms. The molecule has 114 valence electrons. The van der Waals surface area contributed by atoms with Gasteiger partial charge in [0, 0.05) is 35.7 Å². The van der Waals surface area contributed by atoms with Gasteiger partial charge >= 0.3 is 0 Å². The van der Waals surface area contributed by atoms with E-state index in [-0.39, 0.29) is 24.3 Å². The van der Waals surface area contributed by atoms with E-state index in [9.17, 15) is 4.79 Å². The first kappa shape index (κ1) is 15.1. The van der Waals surface area contributed by atoms with Crippen molar-refractivity contribution >= 4 is 29.1 Å². The number of amides is 1. The van der Waals surface area contributed by atoms with Crippen LogP contribution in [0.25, 0.3) is 0 Å². The monoisotopic (exact) mass is 327 g/mol. The molecule has 0 aromatic heterocycles. The highest BCUT2D eigenvalue weighted by Gasteiger charge is 2.46. The molecule has 1 aromatic carbocycles. The van der Waals surface area contributed by atoms with Gasteiger partial charge < -0.3 is 10.0 Å². The minimum atomic E-state index is 0.0642. The molecular weight excluding hydrogens is 309 g/mol. The van der Waals surface area contributed by atoms with Crippen molar-refractivity contribution in [2.24, 2.45) is 11.8 Å². The fourth-order valence-corrected chi connectivity index (χ4v) is 3.73. The molecule has 1 heterocycles. The van der Waals surface area contributed by atoms with Crippen molar-refractivity contribution in [3.05, 3.63) is 33.8 Å². The minimum Gasteiger partial charge on any atom is -0.396 e. The first-order valence-electron chi connectivity index (χ1n) is 7.44. The molecule has 21 heavy (non-hydrogen) atoms. The molecule has 1 amide bonds. The Hall–Kier alpha value is -0.770. The van der Waals surface area contributed by atoms with Crippen LogP contribution in [0, 0.1) is 11.8 Å². The van der Waals surface area contributed by atoms with Crippen LogP contribution in [0.4, 0.5) is 0 Å². The van der Waals surface area contributed by atoms with Crippen molar-refractivity contribution in [2.75, 3.05) is 19.7 Å². The lowest BCUT2D eigenvalue weighted by Gasteiger charge is -2.31. The number of aliphatic hydroxyl groups is 1. The van der Waals surface area contributed by atoms with E-state index < -0.39 is 0 Å². The Morgan fingerprint density at radius 3 is 2.62 bits per heavy atom. The first-order valence-corrected chi connectivity index (χ1v) is 8.20. The van der Waals surface area contributed by atoms with Crippen molar-refractivity contribution in [2.45, 2.75) is 25.2 Å². The van der Waals surface area contributed by atoms with Gasteiger partial charge in [0.1, 0.15) is 0 Å². The molecule has 1 aliphatic heterocycles. The third-order valence-electron chi connectivity index (χ3n) is 4.65. The molecule has 0 bridgehead atoms. The van der Waals surface area contributed by atoms with Crippen molar-refractivity contribution < 1.29 is 9.90 Å². The topological polar surface area (TPSA) is 40.5 Å². The summed E-state index contributed by atoms with van der Waals surface area (Å²) in [5.74, 6) is 0.893. The quantitative estimate of drug-likeness (QED) is 0.925. The lowest BCUT2D eigenvalue weighted by molar-refractivity contribution is -0.134. The van der Waals surface area contributed by atoms with E-state index in [2.05, 4.69) is 0 Å². The molecule has 2 fully saturated rings. The van der Waals surface area contributed by atoms with E-state index in [1.807, 2.05) is 17.0 Å². The van der Waals surface area contributed by atoms with E-state index in [4.69, 9.17) is 28.3 Å². The summed E-state index contributed by atoms with van der Waals surface area (Å²) >= 11 is 12.1. The van der Waals surface area contributed by atoms with Gasteiger partial charge in [-0.05, 0) is 48.8 Å². The second-order valence-corrected chi connectivity index (χ2v) is 6.91. The second-order valence-electron chi connectivity index (χ2n) is 6.07. The molecule has 1 saturated carbocycles. The summed E-state index contributed by atoms with van der Waals surface area (Å²) < 4.78 is 0. The fourth-order valence-electron chi connectivity index (χ4n) is 3.18. The number of aliphatic hydroxyl groups excluding tert-OH is 1. The Labute approximate surface area is 134 Å². The zero-order chi connectivity index (χ0) is 15.0. The van der Waals surface area contributed by atoms with Gasteiger partial charge in [-0.15, -0.1) is 0 Å². The Balaban J connectivity index is 1.61. The summed E-state index contributed by atoms with van der Waals surface area (Å²) in [6.45, 7) is 1.76. The first-order chi connectivity index (χ1) is 10.1. The standard InChI is InChI=1S/C16H19Cl2NO2/c17-11-1-2-12(15(18)7-11)13-8-14(13)16(21)19-5-3-10(9-20)4-6-19/h1-2,7,10,13-14,20H,3-6,8-9H2. The average Bonchev–Trinajstić information content (AvgIpc) is 3.27. The second kappa shape index (κ2) is 6.15. The lowest BCUT2D eigenvalue weighted by Crippen LogP contribution is -2.40. The highest BCUT2D eigenvalue weighted by molar-refractivity contribution is 6.35. The van der Waals surface area contributed by atoms with Gasteiger partial charge in [0.15, 0.2) is 0 Å². The van der Waals surface area contributed by atoms with Crippen LogP contribution in [0.1, 0.15) is 30.7 Å². The Bertz CT molecular complexity index is 541. The number of rotatable bonds is 3. The molecule has 1 N–H and O–H groups in total. The summed E-state index contributed by atoms with van der Waals surface area (Å²) in [4.78, 5) is 14.5. The van der Waals surface area contributed by atoms with Crippen molar-refractivity contribution in [3.8, 4) is 0 Å². The number of nitrogens with zero attached hydrogens (tertiary/aromatic N) is 1. The van der Waals surface area contributed by atoms with Gasteiger partial charge in [-0.25, -0.2) is 0 Å². The number of carbonyl (C=O) groups excluding carboxylic acids is 1. The van der Waals surface area contributed by atoms with Crippen LogP contribution < -0.4 is 0 Å². The maximum atomic E-state index is 12.5. The third-order valence-corrected chi connectivity index (χ3v) is 5.22. The van der Waals surface area contributed by atoms with Crippen LogP contribution in [0.3, 0.4) is 0 Å². The number of halogens is 2. The largest absolute Gasteiger partial charge is 0.396 e. The van der Waals surface area contributed by atoms with Gasteiger partial charge in [-0.1, -0.05) is 29.3 Å². The Morgan fingerprint density at radius 2 is 2.00 bits per heavy atom. The highest BCUT2D eigenvalue weighted by atomic mass is 35.5. The van der Waals surface area contributed by atoms with Crippen LogP contribution in [0.15, 0.2) is 18.2 Å². The Kier molecular flexibility index (Phi) is 4.43. The predicted molar refractivity (Wildman–Crippen MR) is 83.7 cm³/mol. The summed E-state index contributed by atoms with van der Waals surface area (Å²) in [5.41, 5.74) is 1.03. The summed E-state index contributed by atoms with van der Waals surface area (Å²) in [7, 11) is 0. The van der Waals surface area contributed by atoms with E-state index in [0.717, 1.165) is 37.9 Å². The number of hydrogen-bond donors (Lipinski definition) is 1. The van der Waals surface area contributed by atoms with E-state index in [1.165, 1.54) is 0 Å². The molecule has 3 nitrogen and oxygen atoms in total. The molecule has 5 heteroatoms. The maximum Gasteiger partial charge on any atom is 0.226 e. The highest BCUT2D eigenvalue weighted by Crippen LogP contribution is 2.51. The smallest absolute Gasteiger partial charge is 0.226 e. The number of likely N-dealkylation sites (tertiary alicyclic amines) is 1. The number of piperidine rings is 1. The van der Waals surface area contributed by atoms with Gasteiger partial charge in [-0.2, -0.15) is 0 Å². The number of carbonyl (C=O) groups is 1. The van der Waals surface area contributed by atoms with Gasteiger partial charge in [0.2, 0.25) is 5.91 Å². The summed E-state index contributed by atoms with van der Waals surface area (Å²) in [6.07, 6.45) is 2.68. The van der Waals surface area contributed by atoms with Crippen LogP contribution in [-0.2, 0) is 4.79 Å². The average molecular weight is 328 g/mol. The number of hydrogen-bond acceptors (Lipinski definition) is 2. The molecular formula is C16H19Cl2NO2. The van der Waals surface area contributed by atoms with Gasteiger partial charge in [0.05, 0.1) is 0 Å². The molecule has 2 aliphatic rings. The van der Waals surface area contributed by atoms with Crippen LogP contribution in [-0.4, -0.2) is 35.6 Å². The minimum absolute atomic E-state index is 0.0642. The molecule has 1 aromatic rings. The third kappa shape index (κ3) is 3.20. The van der Waals surface area contributed by atoms with E-state index in [1.54, 1.807) is 6.07 Å². The van der Waals surface area contributed by atoms with Crippen molar-refractivity contribution in [3.63, 3.8) is 0 Å². The predicted octanol–water partition coefficient (Wildman–Crippen LogP) is 3.33. The molecule has 0 radical (unpaired) electrons. The van der Waals surface area contributed by atoms with Crippen molar-refractivity contribution in [1.29, 1.82) is 0 Å². The normalized spacial score (nSPS) is 26.0. The van der Waals surface area contributed by atoms with E-state index >= 15 is 0 Å². The molecule has 1 aliphatic carbocycles. The molecule has 3 rings (SSSR count). The Morgan fingerprint density at radius 1 is 1.29 bits per heavy atom. The zero-order valence-electron chi connectivity index (χ0n) is 11.8. The lowest BCUT2D eigenvalue weighted by atomic mass is 9.97. The summed E-state index contributed by atoms with van der Waals surface area (Å²) in [6, 6.07) is 5.50. The van der Waals surface area contributed by atoms with Crippen molar-refractivity contribution in [1.82, 2.24) is 4.90 Å². The molecule has 1 saturated heterocycles. The summed E-state index contributed by atoms with van der Waals surface area (Å²) in [5, 5.41) is 10.4. The molecule has 2 atom stereocenters. The maximum absolute atomic E-state index is 12.5. The van der Waals surface area contributed by atoms with Gasteiger partial charge in [0.25, 0.3) is 0 Å². The van der Waals surface area contributed by atoms with Crippen LogP contribution >= 0.6 is 23.2 Å². The van der Waals surface area contributed by atoms with Gasteiger partial charge in [-0.3, -0.25) is 4.79 Å². The van der Waals surface area contributed by atoms with Crippen LogP contribution in [0.2, 0.25) is 10.0 Å². The SMILES string of the molecule is O=C(C1CC1c1ccc(Cl)cc1Cl)N1CCC(CO)CC1. The van der Waals surface area contributed by atoms with Crippen LogP contribution in [0.5, 0.6) is 0 Å². The fraction of sp³-hybridized carbons (Fsp3) is 0.562. The molecule has 2 unspecified atom stereocenters. The number of benzene rings is 1.